The second-order valence-electron chi connectivity index (χ2n) is 6.30. The summed E-state index contributed by atoms with van der Waals surface area (Å²) in [6, 6.07) is 28.3. The van der Waals surface area contributed by atoms with Gasteiger partial charge in [0.15, 0.2) is 0 Å². The Morgan fingerprint density at radius 2 is 1.63 bits per heavy atom. The van der Waals surface area contributed by atoms with Crippen molar-refractivity contribution in [3.8, 4) is 11.8 Å². The summed E-state index contributed by atoms with van der Waals surface area (Å²) in [7, 11) is 1.65. The van der Waals surface area contributed by atoms with Crippen molar-refractivity contribution >= 4 is 21.6 Å². The zero-order valence-electron chi connectivity index (χ0n) is 15.1. The topological polar surface area (TPSA) is 45.0 Å². The summed E-state index contributed by atoms with van der Waals surface area (Å²) >= 11 is 3.65. The molecule has 0 saturated heterocycles. The van der Waals surface area contributed by atoms with E-state index < -0.39 is 0 Å². The van der Waals surface area contributed by atoms with Crippen molar-refractivity contribution < 1.29 is 4.74 Å². The lowest BCUT2D eigenvalue weighted by Gasteiger charge is -2.26. The molecule has 0 fully saturated rings. The van der Waals surface area contributed by atoms with E-state index in [9.17, 15) is 5.26 Å². The lowest BCUT2D eigenvalue weighted by Crippen LogP contribution is -2.22. The third kappa shape index (κ3) is 4.90. The van der Waals surface area contributed by atoms with Crippen LogP contribution in [0.1, 0.15) is 17.2 Å². The van der Waals surface area contributed by atoms with Crippen LogP contribution < -0.4 is 10.1 Å². The molecule has 136 valence electrons. The molecule has 0 saturated carbocycles. The van der Waals surface area contributed by atoms with Crippen LogP contribution in [0.25, 0.3) is 0 Å². The molecule has 0 amide bonds. The third-order valence-corrected chi connectivity index (χ3v) is 5.24. The molecule has 0 aliphatic carbocycles. The number of nitriles is 1. The van der Waals surface area contributed by atoms with Crippen molar-refractivity contribution in [1.82, 2.24) is 0 Å². The fourth-order valence-electron chi connectivity index (χ4n) is 3.10. The lowest BCUT2D eigenvalue weighted by molar-refractivity contribution is 0.415. The number of methoxy groups -OCH3 is 1. The van der Waals surface area contributed by atoms with E-state index in [1.807, 2.05) is 60.7 Å². The molecule has 0 heterocycles. The molecule has 0 unspecified atom stereocenters. The number of nitrogens with one attached hydrogen (secondary N) is 1. The first-order chi connectivity index (χ1) is 13.2. The molecular weight excluding hydrogens is 400 g/mol. The molecule has 0 aromatic heterocycles. The van der Waals surface area contributed by atoms with E-state index in [0.717, 1.165) is 27.0 Å². The molecule has 4 heteroatoms. The molecule has 1 N–H and O–H groups in total. The van der Waals surface area contributed by atoms with E-state index in [2.05, 4.69) is 45.5 Å². The molecule has 0 spiro atoms. The number of nitrogens with zero attached hydrogens (tertiary/aromatic N) is 1. The molecule has 0 radical (unpaired) electrons. The van der Waals surface area contributed by atoms with Gasteiger partial charge in [-0.05, 0) is 47.9 Å². The Hall–Kier alpha value is -2.77. The molecule has 3 aromatic rings. The van der Waals surface area contributed by atoms with Gasteiger partial charge in [-0.1, -0.05) is 64.5 Å². The van der Waals surface area contributed by atoms with Crippen LogP contribution in [0.3, 0.4) is 0 Å². The summed E-state index contributed by atoms with van der Waals surface area (Å²) in [5.74, 6) is 0.576. The zero-order chi connectivity index (χ0) is 19.1. The smallest absolute Gasteiger partial charge is 0.119 e. The van der Waals surface area contributed by atoms with E-state index in [1.54, 1.807) is 7.11 Å². The molecular formula is C23H21BrN2O. The fourth-order valence-corrected chi connectivity index (χ4v) is 3.63. The molecule has 3 aromatic carbocycles. The maximum absolute atomic E-state index is 9.94. The first kappa shape index (κ1) is 19.0. The van der Waals surface area contributed by atoms with Crippen LogP contribution in [0.5, 0.6) is 5.75 Å². The highest BCUT2D eigenvalue weighted by Crippen LogP contribution is 2.34. The standard InChI is InChI=1S/C23H21BrN2O/c1-27-20-13-11-19(12-14-20)26-23(21-9-5-6-10-22(21)24)18(16-25)15-17-7-3-2-4-8-17/h2-14,18,23,26H,15H2,1H3/t18-,23-/m1/s1. The van der Waals surface area contributed by atoms with Crippen LogP contribution in [-0.4, -0.2) is 7.11 Å². The Kier molecular flexibility index (Phi) is 6.51. The first-order valence-electron chi connectivity index (χ1n) is 8.80. The molecule has 2 atom stereocenters. The van der Waals surface area contributed by atoms with E-state index in [-0.39, 0.29) is 12.0 Å². The van der Waals surface area contributed by atoms with Gasteiger partial charge < -0.3 is 10.1 Å². The minimum atomic E-state index is -0.229. The third-order valence-electron chi connectivity index (χ3n) is 4.52. The summed E-state index contributed by atoms with van der Waals surface area (Å²) in [5, 5.41) is 13.5. The van der Waals surface area contributed by atoms with E-state index >= 15 is 0 Å². The first-order valence-corrected chi connectivity index (χ1v) is 9.59. The molecule has 0 aliphatic rings. The van der Waals surface area contributed by atoms with Gasteiger partial charge in [0.25, 0.3) is 0 Å². The minimum absolute atomic E-state index is 0.154. The number of anilines is 1. The Balaban J connectivity index is 1.93. The Morgan fingerprint density at radius 1 is 0.963 bits per heavy atom. The van der Waals surface area contributed by atoms with Crippen molar-refractivity contribution in [1.29, 1.82) is 5.26 Å². The minimum Gasteiger partial charge on any atom is -0.497 e. The van der Waals surface area contributed by atoms with Crippen molar-refractivity contribution in [3.05, 3.63) is 94.5 Å². The van der Waals surface area contributed by atoms with Gasteiger partial charge in [-0.3, -0.25) is 0 Å². The van der Waals surface area contributed by atoms with Crippen LogP contribution >= 0.6 is 15.9 Å². The SMILES string of the molecule is COc1ccc(N[C@@H](c2ccccc2Br)[C@@H](C#N)Cc2ccccc2)cc1. The summed E-state index contributed by atoms with van der Waals surface area (Å²) in [6.07, 6.45) is 0.673. The number of ether oxygens (including phenoxy) is 1. The van der Waals surface area contributed by atoms with Gasteiger partial charge in [0.2, 0.25) is 0 Å². The number of hydrogen-bond donors (Lipinski definition) is 1. The molecule has 27 heavy (non-hydrogen) atoms. The van der Waals surface area contributed by atoms with E-state index in [0.29, 0.717) is 6.42 Å². The number of halogens is 1. The molecule has 0 bridgehead atoms. The Morgan fingerprint density at radius 3 is 2.26 bits per heavy atom. The maximum atomic E-state index is 9.94. The normalized spacial score (nSPS) is 12.6. The Bertz CT molecular complexity index is 904. The van der Waals surface area contributed by atoms with Crippen molar-refractivity contribution in [2.75, 3.05) is 12.4 Å². The highest BCUT2D eigenvalue weighted by molar-refractivity contribution is 9.10. The van der Waals surface area contributed by atoms with Crippen LogP contribution in [0.4, 0.5) is 5.69 Å². The number of benzene rings is 3. The molecule has 3 nitrogen and oxygen atoms in total. The lowest BCUT2D eigenvalue weighted by atomic mass is 9.88. The van der Waals surface area contributed by atoms with Gasteiger partial charge in [-0.15, -0.1) is 0 Å². The van der Waals surface area contributed by atoms with Crippen LogP contribution in [0.15, 0.2) is 83.3 Å². The maximum Gasteiger partial charge on any atom is 0.119 e. The quantitative estimate of drug-likeness (QED) is 0.510. The van der Waals surface area contributed by atoms with Gasteiger partial charge >= 0.3 is 0 Å². The van der Waals surface area contributed by atoms with E-state index in [4.69, 9.17) is 4.74 Å². The van der Waals surface area contributed by atoms with Gasteiger partial charge in [0.1, 0.15) is 5.75 Å². The van der Waals surface area contributed by atoms with Crippen LogP contribution in [0, 0.1) is 17.2 Å². The van der Waals surface area contributed by atoms with Crippen LogP contribution in [0.2, 0.25) is 0 Å². The number of rotatable bonds is 7. The zero-order valence-corrected chi connectivity index (χ0v) is 16.7. The second kappa shape index (κ2) is 9.25. The van der Waals surface area contributed by atoms with Crippen molar-refractivity contribution in [2.45, 2.75) is 12.5 Å². The largest absolute Gasteiger partial charge is 0.497 e. The number of hydrogen-bond acceptors (Lipinski definition) is 3. The summed E-state index contributed by atoms with van der Waals surface area (Å²) in [5.41, 5.74) is 3.17. The van der Waals surface area contributed by atoms with Crippen LogP contribution in [-0.2, 0) is 6.42 Å². The average molecular weight is 421 g/mol. The van der Waals surface area contributed by atoms with Crippen molar-refractivity contribution in [3.63, 3.8) is 0 Å². The van der Waals surface area contributed by atoms with Gasteiger partial charge in [0.05, 0.1) is 25.1 Å². The molecule has 3 rings (SSSR count). The van der Waals surface area contributed by atoms with Gasteiger partial charge in [-0.25, -0.2) is 0 Å². The highest BCUT2D eigenvalue weighted by atomic mass is 79.9. The Labute approximate surface area is 168 Å². The summed E-state index contributed by atoms with van der Waals surface area (Å²) in [4.78, 5) is 0. The van der Waals surface area contributed by atoms with Crippen molar-refractivity contribution in [2.24, 2.45) is 5.92 Å². The fraction of sp³-hybridized carbons (Fsp3) is 0.174. The summed E-state index contributed by atoms with van der Waals surface area (Å²) in [6.45, 7) is 0. The highest BCUT2D eigenvalue weighted by Gasteiger charge is 2.25. The average Bonchev–Trinajstić information content (AvgIpc) is 2.72. The van der Waals surface area contributed by atoms with E-state index in [1.165, 1.54) is 0 Å². The second-order valence-corrected chi connectivity index (χ2v) is 7.15. The molecule has 0 aliphatic heterocycles. The monoisotopic (exact) mass is 420 g/mol. The van der Waals surface area contributed by atoms with Gasteiger partial charge in [0, 0.05) is 10.2 Å². The van der Waals surface area contributed by atoms with Gasteiger partial charge in [-0.2, -0.15) is 5.26 Å². The predicted molar refractivity (Wildman–Crippen MR) is 113 cm³/mol. The summed E-state index contributed by atoms with van der Waals surface area (Å²) < 4.78 is 6.23. The predicted octanol–water partition coefficient (Wildman–Crippen LogP) is 5.99.